The average Bonchev–Trinajstić information content (AvgIpc) is 2.36. The van der Waals surface area contributed by atoms with E-state index in [1.54, 1.807) is 0 Å². The quantitative estimate of drug-likeness (QED) is 0.585. The van der Waals surface area contributed by atoms with Gasteiger partial charge in [-0.2, -0.15) is 0 Å². The van der Waals surface area contributed by atoms with Crippen LogP contribution >= 0.6 is 0 Å². The first-order valence-electron chi connectivity index (χ1n) is 4.68. The third kappa shape index (κ3) is 3.13. The second-order valence-corrected chi connectivity index (χ2v) is 3.42. The monoisotopic (exact) mass is 171 g/mol. The molecule has 1 saturated heterocycles. The van der Waals surface area contributed by atoms with Crippen LogP contribution in [0.5, 0.6) is 0 Å². The first kappa shape index (κ1) is 10.0. The van der Waals surface area contributed by atoms with E-state index in [-0.39, 0.29) is 13.2 Å². The summed E-state index contributed by atoms with van der Waals surface area (Å²) < 4.78 is 10.8. The van der Waals surface area contributed by atoms with E-state index < -0.39 is 0 Å². The third-order valence-corrected chi connectivity index (χ3v) is 2.02. The van der Waals surface area contributed by atoms with Crippen molar-refractivity contribution in [2.75, 3.05) is 26.7 Å². The molecule has 1 unspecified atom stereocenters. The SMILES string of the molecule is CCCN(C)CC1COB(C)O1. The molecule has 0 aliphatic carbocycles. The number of rotatable bonds is 4. The Labute approximate surface area is 75.2 Å². The maximum Gasteiger partial charge on any atom is 0.453 e. The number of likely N-dealkylation sites (N-methyl/N-ethyl adjacent to an activating group) is 1. The van der Waals surface area contributed by atoms with Crippen molar-refractivity contribution in [1.29, 1.82) is 0 Å². The molecule has 1 aliphatic rings. The van der Waals surface area contributed by atoms with Crippen LogP contribution in [-0.4, -0.2) is 44.9 Å². The molecule has 1 aliphatic heterocycles. The van der Waals surface area contributed by atoms with Gasteiger partial charge in [0.2, 0.25) is 0 Å². The highest BCUT2D eigenvalue weighted by Crippen LogP contribution is 2.08. The Balaban J connectivity index is 2.14. The summed E-state index contributed by atoms with van der Waals surface area (Å²) in [7, 11) is 2.11. The van der Waals surface area contributed by atoms with Crippen LogP contribution in [-0.2, 0) is 9.31 Å². The highest BCUT2D eigenvalue weighted by atomic mass is 16.6. The highest BCUT2D eigenvalue weighted by Gasteiger charge is 2.26. The zero-order valence-electron chi connectivity index (χ0n) is 8.25. The van der Waals surface area contributed by atoms with Gasteiger partial charge in [0.05, 0.1) is 12.7 Å². The van der Waals surface area contributed by atoms with Crippen molar-refractivity contribution >= 4 is 7.12 Å². The minimum absolute atomic E-state index is 0.00923. The second kappa shape index (κ2) is 4.85. The van der Waals surface area contributed by atoms with Gasteiger partial charge in [-0.1, -0.05) is 6.92 Å². The molecule has 1 rings (SSSR count). The van der Waals surface area contributed by atoms with Gasteiger partial charge >= 0.3 is 7.12 Å². The molecule has 0 aromatic heterocycles. The van der Waals surface area contributed by atoms with Crippen molar-refractivity contribution in [2.24, 2.45) is 0 Å². The van der Waals surface area contributed by atoms with Crippen LogP contribution in [0.15, 0.2) is 0 Å². The van der Waals surface area contributed by atoms with Gasteiger partial charge in [-0.15, -0.1) is 0 Å². The molecule has 0 radical (unpaired) electrons. The van der Waals surface area contributed by atoms with E-state index in [9.17, 15) is 0 Å². The van der Waals surface area contributed by atoms with Gasteiger partial charge in [-0.3, -0.25) is 0 Å². The van der Waals surface area contributed by atoms with Crippen LogP contribution in [0.4, 0.5) is 0 Å². The molecule has 3 nitrogen and oxygen atoms in total. The summed E-state index contributed by atoms with van der Waals surface area (Å²) in [4.78, 5) is 2.28. The van der Waals surface area contributed by atoms with Crippen LogP contribution in [0.3, 0.4) is 0 Å². The summed E-state index contributed by atoms with van der Waals surface area (Å²) >= 11 is 0. The van der Waals surface area contributed by atoms with Crippen LogP contribution in [0.1, 0.15) is 13.3 Å². The number of hydrogen-bond donors (Lipinski definition) is 0. The van der Waals surface area contributed by atoms with Crippen molar-refractivity contribution in [2.45, 2.75) is 26.3 Å². The van der Waals surface area contributed by atoms with Crippen molar-refractivity contribution in [3.63, 3.8) is 0 Å². The molecule has 1 fully saturated rings. The topological polar surface area (TPSA) is 21.7 Å². The fourth-order valence-electron chi connectivity index (χ4n) is 1.51. The minimum Gasteiger partial charge on any atom is -0.409 e. The van der Waals surface area contributed by atoms with Gasteiger partial charge in [0.15, 0.2) is 0 Å². The minimum atomic E-state index is -0.00923. The summed E-state index contributed by atoms with van der Waals surface area (Å²) in [6.45, 7) is 6.99. The lowest BCUT2D eigenvalue weighted by atomic mass is 9.97. The van der Waals surface area contributed by atoms with Gasteiger partial charge in [0.25, 0.3) is 0 Å². The smallest absolute Gasteiger partial charge is 0.409 e. The summed E-state index contributed by atoms with van der Waals surface area (Å²) in [5, 5.41) is 0. The highest BCUT2D eigenvalue weighted by molar-refractivity contribution is 6.43. The molecule has 70 valence electrons. The Bertz CT molecular complexity index is 134. The normalized spacial score (nSPS) is 24.0. The third-order valence-electron chi connectivity index (χ3n) is 2.02. The maximum atomic E-state index is 5.51. The predicted molar refractivity (Wildman–Crippen MR) is 50.2 cm³/mol. The zero-order valence-corrected chi connectivity index (χ0v) is 8.25. The molecule has 1 atom stereocenters. The summed E-state index contributed by atoms with van der Waals surface area (Å²) in [5.41, 5.74) is 0. The van der Waals surface area contributed by atoms with Crippen LogP contribution < -0.4 is 0 Å². The molecule has 0 N–H and O–H groups in total. The van der Waals surface area contributed by atoms with E-state index >= 15 is 0 Å². The Morgan fingerprint density at radius 3 is 2.83 bits per heavy atom. The molecule has 0 spiro atoms. The molecule has 0 bridgehead atoms. The lowest BCUT2D eigenvalue weighted by Gasteiger charge is -2.19. The fraction of sp³-hybridized carbons (Fsp3) is 1.00. The molecule has 4 heteroatoms. The largest absolute Gasteiger partial charge is 0.453 e. The summed E-state index contributed by atoms with van der Waals surface area (Å²) in [6.07, 6.45) is 1.47. The first-order chi connectivity index (χ1) is 5.72. The van der Waals surface area contributed by atoms with Crippen molar-refractivity contribution in [3.8, 4) is 0 Å². The molecule has 1 heterocycles. The Morgan fingerprint density at radius 1 is 1.58 bits per heavy atom. The van der Waals surface area contributed by atoms with Crippen molar-refractivity contribution in [1.82, 2.24) is 4.90 Å². The van der Waals surface area contributed by atoms with Gasteiger partial charge in [0, 0.05) is 6.54 Å². The van der Waals surface area contributed by atoms with Crippen LogP contribution in [0, 0.1) is 0 Å². The lowest BCUT2D eigenvalue weighted by molar-refractivity contribution is 0.168. The van der Waals surface area contributed by atoms with Crippen LogP contribution in [0.25, 0.3) is 0 Å². The fourth-order valence-corrected chi connectivity index (χ4v) is 1.51. The van der Waals surface area contributed by atoms with E-state index in [1.807, 2.05) is 6.82 Å². The van der Waals surface area contributed by atoms with Crippen LogP contribution in [0.2, 0.25) is 6.82 Å². The Hall–Kier alpha value is -0.0551. The van der Waals surface area contributed by atoms with E-state index in [4.69, 9.17) is 9.31 Å². The lowest BCUT2D eigenvalue weighted by Crippen LogP contribution is -2.31. The predicted octanol–water partition coefficient (Wildman–Crippen LogP) is 0.862. The molecular formula is C8H18BNO2. The molecule has 12 heavy (non-hydrogen) atoms. The van der Waals surface area contributed by atoms with E-state index in [1.165, 1.54) is 6.42 Å². The van der Waals surface area contributed by atoms with Gasteiger partial charge in [-0.05, 0) is 26.8 Å². The number of hydrogen-bond acceptors (Lipinski definition) is 3. The van der Waals surface area contributed by atoms with Crippen molar-refractivity contribution in [3.05, 3.63) is 0 Å². The zero-order chi connectivity index (χ0) is 8.97. The van der Waals surface area contributed by atoms with E-state index in [0.29, 0.717) is 0 Å². The Kier molecular flexibility index (Phi) is 4.05. The van der Waals surface area contributed by atoms with Gasteiger partial charge in [-0.25, -0.2) is 0 Å². The molecule has 0 aromatic rings. The number of nitrogens with zero attached hydrogens (tertiary/aromatic N) is 1. The standard InChI is InChI=1S/C8H18BNO2/c1-4-5-10(3)6-8-7-11-9(2)12-8/h8H,4-7H2,1-3H3. The molecule has 0 saturated carbocycles. The maximum absolute atomic E-state index is 5.51. The molecule has 0 aromatic carbocycles. The van der Waals surface area contributed by atoms with Gasteiger partial charge in [0.1, 0.15) is 0 Å². The summed E-state index contributed by atoms with van der Waals surface area (Å²) in [5.74, 6) is 0. The molecule has 0 amide bonds. The molecular weight excluding hydrogens is 153 g/mol. The first-order valence-corrected chi connectivity index (χ1v) is 4.68. The second-order valence-electron chi connectivity index (χ2n) is 3.42. The Morgan fingerprint density at radius 2 is 2.33 bits per heavy atom. The van der Waals surface area contributed by atoms with E-state index in [0.717, 1.165) is 19.7 Å². The van der Waals surface area contributed by atoms with Crippen molar-refractivity contribution < 1.29 is 9.31 Å². The van der Waals surface area contributed by atoms with E-state index in [2.05, 4.69) is 18.9 Å². The summed E-state index contributed by atoms with van der Waals surface area (Å²) in [6, 6.07) is 0. The van der Waals surface area contributed by atoms with Gasteiger partial charge < -0.3 is 14.2 Å². The average molecular weight is 171 g/mol.